The highest BCUT2D eigenvalue weighted by Crippen LogP contribution is 2.34. The lowest BCUT2D eigenvalue weighted by Gasteiger charge is -2.49. The van der Waals surface area contributed by atoms with Crippen molar-refractivity contribution in [3.8, 4) is 6.07 Å². The Kier molecular flexibility index (Phi) is 3.94. The van der Waals surface area contributed by atoms with E-state index in [1.165, 1.54) is 0 Å². The fraction of sp³-hybridized carbons (Fsp3) is 0.615. The van der Waals surface area contributed by atoms with E-state index in [2.05, 4.69) is 5.10 Å². The monoisotopic (exact) mass is 300 g/mol. The molecule has 0 N–H and O–H groups in total. The number of carbonyl (C=O) groups is 1. The lowest BCUT2D eigenvalue weighted by Crippen LogP contribution is -2.64. The Morgan fingerprint density at radius 2 is 2.19 bits per heavy atom. The molecule has 0 atom stereocenters. The van der Waals surface area contributed by atoms with E-state index >= 15 is 0 Å². The van der Waals surface area contributed by atoms with Crippen LogP contribution >= 0.6 is 0 Å². The number of likely N-dealkylation sites (tertiary alicyclic amines) is 1. The standard InChI is InChI=1S/C13H15F3N4O/c1-2-10-6-18-20(7-10)12(3-4-17)8-19(9-12)11(21)5-13(14,15)16/h6-7H,2-3,5,8-9H2,1H3. The molecule has 2 heterocycles. The second kappa shape index (κ2) is 5.39. The van der Waals surface area contributed by atoms with Crippen LogP contribution in [0.4, 0.5) is 13.2 Å². The molecule has 1 aromatic rings. The molecule has 1 saturated heterocycles. The number of nitriles is 1. The summed E-state index contributed by atoms with van der Waals surface area (Å²) in [6.07, 6.45) is -1.64. The van der Waals surface area contributed by atoms with Gasteiger partial charge in [-0.3, -0.25) is 9.48 Å². The number of hydrogen-bond donors (Lipinski definition) is 0. The summed E-state index contributed by atoms with van der Waals surface area (Å²) in [6.45, 7) is 2.12. The van der Waals surface area contributed by atoms with E-state index in [0.29, 0.717) is 0 Å². The van der Waals surface area contributed by atoms with Gasteiger partial charge < -0.3 is 4.90 Å². The Morgan fingerprint density at radius 1 is 1.52 bits per heavy atom. The van der Waals surface area contributed by atoms with Crippen molar-refractivity contribution < 1.29 is 18.0 Å². The van der Waals surface area contributed by atoms with Crippen molar-refractivity contribution in [3.05, 3.63) is 18.0 Å². The van der Waals surface area contributed by atoms with Crippen molar-refractivity contribution in [3.63, 3.8) is 0 Å². The van der Waals surface area contributed by atoms with Crippen LogP contribution in [0.2, 0.25) is 0 Å². The summed E-state index contributed by atoms with van der Waals surface area (Å²) in [5, 5.41) is 13.1. The largest absolute Gasteiger partial charge is 0.397 e. The molecule has 1 aromatic heterocycles. The van der Waals surface area contributed by atoms with Gasteiger partial charge in [-0.25, -0.2) is 0 Å². The maximum atomic E-state index is 12.2. The van der Waals surface area contributed by atoms with Crippen LogP contribution in [0.15, 0.2) is 12.4 Å². The molecule has 1 fully saturated rings. The number of amides is 1. The van der Waals surface area contributed by atoms with Crippen molar-refractivity contribution in [2.75, 3.05) is 13.1 Å². The van der Waals surface area contributed by atoms with Crippen molar-refractivity contribution in [1.29, 1.82) is 5.26 Å². The Bertz CT molecular complexity index is 567. The Balaban J connectivity index is 2.08. The second-order valence-electron chi connectivity index (χ2n) is 5.25. The molecule has 1 aliphatic rings. The van der Waals surface area contributed by atoms with Crippen LogP contribution in [0.5, 0.6) is 0 Å². The summed E-state index contributed by atoms with van der Waals surface area (Å²) in [5.41, 5.74) is 0.274. The van der Waals surface area contributed by atoms with Gasteiger partial charge >= 0.3 is 6.18 Å². The zero-order chi connectivity index (χ0) is 15.7. The average molecular weight is 300 g/mol. The molecule has 21 heavy (non-hydrogen) atoms. The molecule has 1 amide bonds. The first-order chi connectivity index (χ1) is 9.79. The Labute approximate surface area is 119 Å². The first-order valence-electron chi connectivity index (χ1n) is 6.55. The molecule has 0 aliphatic carbocycles. The molecular formula is C13H15F3N4O. The summed E-state index contributed by atoms with van der Waals surface area (Å²) in [5.74, 6) is -0.959. The van der Waals surface area contributed by atoms with Gasteiger partial charge in [-0.2, -0.15) is 23.5 Å². The molecule has 8 heteroatoms. The molecule has 0 radical (unpaired) electrons. The Hall–Kier alpha value is -2.04. The van der Waals surface area contributed by atoms with Gasteiger partial charge in [0, 0.05) is 19.3 Å². The minimum Gasteiger partial charge on any atom is -0.337 e. The van der Waals surface area contributed by atoms with Crippen LogP contribution in [0, 0.1) is 11.3 Å². The van der Waals surface area contributed by atoms with Crippen LogP contribution in [0.25, 0.3) is 0 Å². The molecule has 114 valence electrons. The molecule has 0 aromatic carbocycles. The number of aryl methyl sites for hydroxylation is 1. The summed E-state index contributed by atoms with van der Waals surface area (Å²) >= 11 is 0. The van der Waals surface area contributed by atoms with Crippen molar-refractivity contribution in [1.82, 2.24) is 14.7 Å². The lowest BCUT2D eigenvalue weighted by atomic mass is 9.86. The number of nitrogens with zero attached hydrogens (tertiary/aromatic N) is 4. The molecule has 0 saturated carbocycles. The van der Waals surface area contributed by atoms with E-state index in [4.69, 9.17) is 5.26 Å². The summed E-state index contributed by atoms with van der Waals surface area (Å²) in [4.78, 5) is 12.6. The molecular weight excluding hydrogens is 285 g/mol. The maximum Gasteiger partial charge on any atom is 0.397 e. The van der Waals surface area contributed by atoms with Gasteiger partial charge in [-0.15, -0.1) is 0 Å². The predicted molar refractivity (Wildman–Crippen MR) is 67.1 cm³/mol. The van der Waals surface area contributed by atoms with Gasteiger partial charge in [0.1, 0.15) is 12.0 Å². The van der Waals surface area contributed by atoms with E-state index in [1.807, 2.05) is 13.0 Å². The van der Waals surface area contributed by atoms with Crippen molar-refractivity contribution in [2.24, 2.45) is 0 Å². The van der Waals surface area contributed by atoms with E-state index in [1.54, 1.807) is 17.1 Å². The maximum absolute atomic E-state index is 12.2. The van der Waals surface area contributed by atoms with E-state index in [9.17, 15) is 18.0 Å². The third-order valence-electron chi connectivity index (χ3n) is 3.61. The minimum absolute atomic E-state index is 0.0836. The second-order valence-corrected chi connectivity index (χ2v) is 5.25. The van der Waals surface area contributed by atoms with Gasteiger partial charge in [0.25, 0.3) is 0 Å². The summed E-state index contributed by atoms with van der Waals surface area (Å²) < 4.78 is 38.3. The summed E-state index contributed by atoms with van der Waals surface area (Å²) in [6, 6.07) is 2.02. The third-order valence-corrected chi connectivity index (χ3v) is 3.61. The number of aromatic nitrogens is 2. The van der Waals surface area contributed by atoms with Crippen LogP contribution < -0.4 is 0 Å². The van der Waals surface area contributed by atoms with E-state index in [-0.39, 0.29) is 19.5 Å². The highest BCUT2D eigenvalue weighted by Gasteiger charge is 2.49. The highest BCUT2D eigenvalue weighted by molar-refractivity contribution is 5.78. The fourth-order valence-corrected chi connectivity index (χ4v) is 2.41. The zero-order valence-electron chi connectivity index (χ0n) is 11.5. The van der Waals surface area contributed by atoms with E-state index in [0.717, 1.165) is 16.9 Å². The van der Waals surface area contributed by atoms with Crippen LogP contribution in [0.3, 0.4) is 0 Å². The minimum atomic E-state index is -4.51. The lowest BCUT2D eigenvalue weighted by molar-refractivity contribution is -0.169. The van der Waals surface area contributed by atoms with Gasteiger partial charge in [0.05, 0.1) is 18.7 Å². The van der Waals surface area contributed by atoms with Crippen LogP contribution in [0.1, 0.15) is 25.3 Å². The van der Waals surface area contributed by atoms with Crippen molar-refractivity contribution >= 4 is 5.91 Å². The molecule has 0 bridgehead atoms. The first kappa shape index (κ1) is 15.4. The number of alkyl halides is 3. The van der Waals surface area contributed by atoms with E-state index < -0.39 is 24.0 Å². The highest BCUT2D eigenvalue weighted by atomic mass is 19.4. The topological polar surface area (TPSA) is 61.9 Å². The van der Waals surface area contributed by atoms with Crippen LogP contribution in [-0.4, -0.2) is 39.9 Å². The molecule has 5 nitrogen and oxygen atoms in total. The van der Waals surface area contributed by atoms with Gasteiger partial charge in [-0.05, 0) is 12.0 Å². The number of hydrogen-bond acceptors (Lipinski definition) is 3. The quantitative estimate of drug-likeness (QED) is 0.852. The molecule has 2 rings (SSSR count). The predicted octanol–water partition coefficient (Wildman–Crippen LogP) is 1.85. The average Bonchev–Trinajstić information content (AvgIpc) is 2.79. The first-order valence-corrected chi connectivity index (χ1v) is 6.55. The molecule has 1 aliphatic heterocycles. The molecule has 0 spiro atoms. The number of halogens is 3. The van der Waals surface area contributed by atoms with Crippen LogP contribution in [-0.2, 0) is 16.8 Å². The Morgan fingerprint density at radius 3 is 2.67 bits per heavy atom. The van der Waals surface area contributed by atoms with Gasteiger partial charge in [-0.1, -0.05) is 6.92 Å². The SMILES string of the molecule is CCc1cnn(C2(CC#N)CN(C(=O)CC(F)(F)F)C2)c1. The van der Waals surface area contributed by atoms with Gasteiger partial charge in [0.2, 0.25) is 5.91 Å². The smallest absolute Gasteiger partial charge is 0.337 e. The normalized spacial score (nSPS) is 17.2. The van der Waals surface area contributed by atoms with Gasteiger partial charge in [0.15, 0.2) is 0 Å². The number of carbonyl (C=O) groups excluding carboxylic acids is 1. The molecule has 0 unspecified atom stereocenters. The fourth-order valence-electron chi connectivity index (χ4n) is 2.41. The third kappa shape index (κ3) is 3.17. The summed E-state index contributed by atoms with van der Waals surface area (Å²) in [7, 11) is 0. The number of rotatable bonds is 4. The zero-order valence-corrected chi connectivity index (χ0v) is 11.5. The van der Waals surface area contributed by atoms with Crippen molar-refractivity contribution in [2.45, 2.75) is 37.9 Å².